The first-order valence-corrected chi connectivity index (χ1v) is 10.4. The first kappa shape index (κ1) is 20.6. The summed E-state index contributed by atoms with van der Waals surface area (Å²) in [6.45, 7) is 6.81. The predicted molar refractivity (Wildman–Crippen MR) is 115 cm³/mol. The number of guanidine groups is 1. The van der Waals surface area contributed by atoms with Crippen LogP contribution in [0.4, 0.5) is 0 Å². The van der Waals surface area contributed by atoms with Crippen molar-refractivity contribution in [1.29, 1.82) is 0 Å². The van der Waals surface area contributed by atoms with E-state index in [1.54, 1.807) is 0 Å². The molecule has 150 valence electrons. The monoisotopic (exact) mass is 477 g/mol. The SMILES string of the molecule is CCNC(=NCC1(C)CCCCC1O)NC1C2CCOC2C12CCC2.I. The van der Waals surface area contributed by atoms with Gasteiger partial charge in [0.25, 0.3) is 0 Å². The molecule has 4 rings (SSSR count). The van der Waals surface area contributed by atoms with Gasteiger partial charge in [-0.2, -0.15) is 0 Å². The second-order valence-electron chi connectivity index (χ2n) is 9.06. The molecule has 5 nitrogen and oxygen atoms in total. The molecule has 5 unspecified atom stereocenters. The number of ether oxygens (including phenoxy) is 1. The van der Waals surface area contributed by atoms with E-state index < -0.39 is 0 Å². The Labute approximate surface area is 175 Å². The summed E-state index contributed by atoms with van der Waals surface area (Å²) in [5, 5.41) is 17.6. The quantitative estimate of drug-likeness (QED) is 0.331. The Morgan fingerprint density at radius 2 is 2.00 bits per heavy atom. The highest BCUT2D eigenvalue weighted by atomic mass is 127. The molecule has 0 amide bonds. The highest BCUT2D eigenvalue weighted by Gasteiger charge is 2.66. The molecular weight excluding hydrogens is 441 g/mol. The Morgan fingerprint density at radius 1 is 1.19 bits per heavy atom. The van der Waals surface area contributed by atoms with Crippen LogP contribution in [0.3, 0.4) is 0 Å². The van der Waals surface area contributed by atoms with Crippen LogP contribution in [0.15, 0.2) is 4.99 Å². The minimum Gasteiger partial charge on any atom is -0.392 e. The van der Waals surface area contributed by atoms with Gasteiger partial charge in [0.1, 0.15) is 0 Å². The molecule has 0 aromatic heterocycles. The maximum Gasteiger partial charge on any atom is 0.191 e. The van der Waals surface area contributed by atoms with E-state index in [4.69, 9.17) is 9.73 Å². The number of nitrogens with zero attached hydrogens (tertiary/aromatic N) is 1. The Kier molecular flexibility index (Phi) is 6.44. The normalized spacial score (nSPS) is 40.8. The summed E-state index contributed by atoms with van der Waals surface area (Å²) >= 11 is 0. The zero-order valence-electron chi connectivity index (χ0n) is 16.3. The van der Waals surface area contributed by atoms with Gasteiger partial charge in [-0.15, -0.1) is 24.0 Å². The molecule has 1 heterocycles. The number of hydrogen-bond donors (Lipinski definition) is 3. The number of rotatable bonds is 4. The molecule has 3 aliphatic carbocycles. The highest BCUT2D eigenvalue weighted by molar-refractivity contribution is 14.0. The largest absolute Gasteiger partial charge is 0.392 e. The lowest BCUT2D eigenvalue weighted by atomic mass is 9.46. The van der Waals surface area contributed by atoms with Crippen molar-refractivity contribution in [2.45, 2.75) is 83.5 Å². The van der Waals surface area contributed by atoms with Crippen molar-refractivity contribution in [3.8, 4) is 0 Å². The van der Waals surface area contributed by atoms with Crippen molar-refractivity contribution >= 4 is 29.9 Å². The molecule has 4 aliphatic rings. The van der Waals surface area contributed by atoms with E-state index >= 15 is 0 Å². The van der Waals surface area contributed by atoms with Crippen LogP contribution in [-0.4, -0.2) is 49.0 Å². The second kappa shape index (κ2) is 8.11. The van der Waals surface area contributed by atoms with Gasteiger partial charge in [0, 0.05) is 35.9 Å². The third-order valence-electron chi connectivity index (χ3n) is 7.55. The topological polar surface area (TPSA) is 65.9 Å². The fourth-order valence-electron chi connectivity index (χ4n) is 5.75. The van der Waals surface area contributed by atoms with Gasteiger partial charge >= 0.3 is 0 Å². The van der Waals surface area contributed by atoms with Crippen molar-refractivity contribution in [3.05, 3.63) is 0 Å². The maximum absolute atomic E-state index is 10.4. The molecule has 0 aromatic carbocycles. The molecule has 3 saturated carbocycles. The minimum absolute atomic E-state index is 0. The fraction of sp³-hybridized carbons (Fsp3) is 0.950. The Hall–Kier alpha value is -0.0800. The molecule has 0 bridgehead atoms. The van der Waals surface area contributed by atoms with Gasteiger partial charge in [-0.3, -0.25) is 4.99 Å². The number of hydrogen-bond acceptors (Lipinski definition) is 3. The van der Waals surface area contributed by atoms with Crippen molar-refractivity contribution < 1.29 is 9.84 Å². The van der Waals surface area contributed by atoms with Crippen LogP contribution in [0.5, 0.6) is 0 Å². The smallest absolute Gasteiger partial charge is 0.191 e. The highest BCUT2D eigenvalue weighted by Crippen LogP contribution is 2.62. The van der Waals surface area contributed by atoms with Crippen molar-refractivity contribution in [3.63, 3.8) is 0 Å². The average molecular weight is 477 g/mol. The molecule has 1 aliphatic heterocycles. The number of nitrogens with one attached hydrogen (secondary N) is 2. The zero-order valence-corrected chi connectivity index (χ0v) is 18.6. The molecule has 6 heteroatoms. The lowest BCUT2D eigenvalue weighted by molar-refractivity contribution is -0.171. The van der Waals surface area contributed by atoms with Gasteiger partial charge in [-0.1, -0.05) is 26.2 Å². The molecule has 26 heavy (non-hydrogen) atoms. The molecule has 1 saturated heterocycles. The summed E-state index contributed by atoms with van der Waals surface area (Å²) < 4.78 is 6.03. The lowest BCUT2D eigenvalue weighted by Crippen LogP contribution is -2.72. The van der Waals surface area contributed by atoms with E-state index in [0.717, 1.165) is 38.4 Å². The third kappa shape index (κ3) is 3.39. The standard InChI is InChI=1S/C20H35N3O2.HI/c1-3-21-18(22-13-19(2)9-5-4-7-15(19)24)23-16-14-8-12-25-17(14)20(16)10-6-11-20;/h14-17,24H,3-13H2,1-2H3,(H2,21,22,23);1H. The van der Waals surface area contributed by atoms with E-state index in [2.05, 4.69) is 24.5 Å². The molecular formula is C20H36IN3O2. The van der Waals surface area contributed by atoms with Gasteiger partial charge in [0.2, 0.25) is 0 Å². The summed E-state index contributed by atoms with van der Waals surface area (Å²) in [5.41, 5.74) is 0.291. The maximum atomic E-state index is 10.4. The minimum atomic E-state index is -0.220. The predicted octanol–water partition coefficient (Wildman–Crippen LogP) is 3.06. The molecule has 3 N–H and O–H groups in total. The van der Waals surface area contributed by atoms with Crippen LogP contribution in [0.25, 0.3) is 0 Å². The fourth-order valence-corrected chi connectivity index (χ4v) is 5.75. The summed E-state index contributed by atoms with van der Waals surface area (Å²) in [5.74, 6) is 1.59. The Bertz CT molecular complexity index is 525. The zero-order chi connectivity index (χ0) is 17.5. The van der Waals surface area contributed by atoms with Gasteiger partial charge < -0.3 is 20.5 Å². The van der Waals surface area contributed by atoms with Gasteiger partial charge in [0.15, 0.2) is 5.96 Å². The van der Waals surface area contributed by atoms with E-state index in [9.17, 15) is 5.11 Å². The van der Waals surface area contributed by atoms with Crippen LogP contribution < -0.4 is 10.6 Å². The van der Waals surface area contributed by atoms with Crippen molar-refractivity contribution in [2.75, 3.05) is 19.7 Å². The number of aliphatic hydroxyl groups excluding tert-OH is 1. The number of fused-ring (bicyclic) bond motifs is 2. The van der Waals surface area contributed by atoms with Crippen LogP contribution in [0.1, 0.15) is 65.2 Å². The molecule has 4 fully saturated rings. The Morgan fingerprint density at radius 3 is 2.65 bits per heavy atom. The van der Waals surface area contributed by atoms with Gasteiger partial charge in [0.05, 0.1) is 18.8 Å². The molecule has 5 atom stereocenters. The first-order chi connectivity index (χ1) is 12.1. The average Bonchev–Trinajstić information content (AvgIpc) is 2.97. The summed E-state index contributed by atoms with van der Waals surface area (Å²) in [6, 6.07) is 0.510. The van der Waals surface area contributed by atoms with Gasteiger partial charge in [-0.25, -0.2) is 0 Å². The molecule has 0 radical (unpaired) electrons. The summed E-state index contributed by atoms with van der Waals surface area (Å²) in [4.78, 5) is 4.91. The number of aliphatic imine (C=N–C) groups is 1. The van der Waals surface area contributed by atoms with Gasteiger partial charge in [-0.05, 0) is 39.0 Å². The number of halogens is 1. The summed E-state index contributed by atoms with van der Waals surface area (Å²) in [6.07, 6.45) is 9.71. The molecule has 0 aromatic rings. The van der Waals surface area contributed by atoms with E-state index in [0.29, 0.717) is 30.0 Å². The van der Waals surface area contributed by atoms with E-state index in [-0.39, 0.29) is 35.5 Å². The van der Waals surface area contributed by atoms with E-state index in [1.165, 1.54) is 32.1 Å². The van der Waals surface area contributed by atoms with Crippen LogP contribution in [-0.2, 0) is 4.74 Å². The lowest BCUT2D eigenvalue weighted by Gasteiger charge is -2.63. The van der Waals surface area contributed by atoms with Crippen LogP contribution in [0.2, 0.25) is 0 Å². The first-order valence-electron chi connectivity index (χ1n) is 10.4. The second-order valence-corrected chi connectivity index (χ2v) is 9.06. The third-order valence-corrected chi connectivity index (χ3v) is 7.55. The van der Waals surface area contributed by atoms with Crippen molar-refractivity contribution in [1.82, 2.24) is 10.6 Å². The Balaban J connectivity index is 0.00000196. The molecule has 1 spiro atoms. The van der Waals surface area contributed by atoms with E-state index in [1.807, 2.05) is 0 Å². The van der Waals surface area contributed by atoms with Crippen LogP contribution in [0, 0.1) is 16.7 Å². The van der Waals surface area contributed by atoms with Crippen LogP contribution >= 0.6 is 24.0 Å². The number of aliphatic hydroxyl groups is 1. The summed E-state index contributed by atoms with van der Waals surface area (Å²) in [7, 11) is 0. The van der Waals surface area contributed by atoms with Crippen molar-refractivity contribution in [2.24, 2.45) is 21.7 Å².